The molecule has 12 nitrogen and oxygen atoms in total. The molecule has 7 aromatic rings. The Labute approximate surface area is 348 Å². The lowest BCUT2D eigenvalue weighted by atomic mass is 9.77. The number of nitrogens with zero attached hydrogens (tertiary/aromatic N) is 6. The smallest absolute Gasteiger partial charge is 0.457 e. The summed E-state index contributed by atoms with van der Waals surface area (Å²) in [5.74, 6) is 0.549. The summed E-state index contributed by atoms with van der Waals surface area (Å²) in [5.41, 5.74) is 4.60. The lowest BCUT2D eigenvalue weighted by Gasteiger charge is -2.36. The molecule has 0 aliphatic carbocycles. The van der Waals surface area contributed by atoms with E-state index < -0.39 is 35.5 Å². The number of carbonyl (C=O) groups is 2. The van der Waals surface area contributed by atoms with Crippen LogP contribution in [-0.4, -0.2) is 65.8 Å². The van der Waals surface area contributed by atoms with Crippen LogP contribution in [0.5, 0.6) is 0 Å². The Balaban J connectivity index is 1.17. The fourth-order valence-electron chi connectivity index (χ4n) is 7.98. The average molecular weight is 803 g/mol. The second-order valence-electron chi connectivity index (χ2n) is 15.4. The number of carbonyl (C=O) groups excluding carboxylic acids is 2. The molecule has 12 heteroatoms. The van der Waals surface area contributed by atoms with Gasteiger partial charge in [0.2, 0.25) is 0 Å². The second kappa shape index (κ2) is 16.7. The highest BCUT2D eigenvalue weighted by molar-refractivity contribution is 5.89. The van der Waals surface area contributed by atoms with E-state index in [1.54, 1.807) is 20.8 Å². The summed E-state index contributed by atoms with van der Waals surface area (Å²) >= 11 is 0. The van der Waals surface area contributed by atoms with Crippen LogP contribution in [0.2, 0.25) is 0 Å². The molecule has 8 rings (SSSR count). The van der Waals surface area contributed by atoms with Gasteiger partial charge in [-0.05, 0) is 71.0 Å². The van der Waals surface area contributed by atoms with Crippen LogP contribution >= 0.6 is 0 Å². The van der Waals surface area contributed by atoms with Crippen LogP contribution < -0.4 is 0 Å². The standard InChI is InChI=1S/C48H46N6O6/c1-5-17-41-49-43(47(3,4)57)42(45(55)58-31-40-32(2)59-46(56)60-40)53(41)30-33-26-28-34(29-27-33)38-24-15-16-25-39(38)44-50-51-52-54(44)48(35-18-9-6-10-19-35,36-20-11-7-12-21-36)37-22-13-8-14-23-37/h6-16,18-29,32,40,57H,5,17,30-31H2,1-4H3/t32-,40+/m0/s1. The van der Waals surface area contributed by atoms with E-state index in [4.69, 9.17) is 29.5 Å². The number of rotatable bonds is 14. The maximum atomic E-state index is 13.9. The van der Waals surface area contributed by atoms with E-state index in [1.165, 1.54) is 0 Å². The molecule has 1 aliphatic rings. The van der Waals surface area contributed by atoms with Gasteiger partial charge in [0.1, 0.15) is 35.4 Å². The van der Waals surface area contributed by atoms with Gasteiger partial charge in [-0.25, -0.2) is 19.3 Å². The maximum absolute atomic E-state index is 13.9. The summed E-state index contributed by atoms with van der Waals surface area (Å²) in [5, 5.41) is 25.0. The van der Waals surface area contributed by atoms with Crippen molar-refractivity contribution in [2.24, 2.45) is 0 Å². The molecule has 1 saturated heterocycles. The fourth-order valence-corrected chi connectivity index (χ4v) is 7.98. The van der Waals surface area contributed by atoms with Gasteiger partial charge in [0.05, 0.1) is 0 Å². The number of hydrogen-bond donors (Lipinski definition) is 1. The Morgan fingerprint density at radius 3 is 1.88 bits per heavy atom. The van der Waals surface area contributed by atoms with Crippen molar-refractivity contribution in [1.29, 1.82) is 0 Å². The Hall–Kier alpha value is -6.92. The first-order valence-electron chi connectivity index (χ1n) is 20.1. The van der Waals surface area contributed by atoms with E-state index in [9.17, 15) is 14.7 Å². The van der Waals surface area contributed by atoms with Gasteiger partial charge in [-0.2, -0.15) is 0 Å². The molecule has 1 N–H and O–H groups in total. The van der Waals surface area contributed by atoms with Gasteiger partial charge in [0, 0.05) is 18.5 Å². The van der Waals surface area contributed by atoms with Gasteiger partial charge in [-0.15, -0.1) is 5.10 Å². The van der Waals surface area contributed by atoms with Crippen molar-refractivity contribution in [3.05, 3.63) is 179 Å². The number of hydrogen-bond acceptors (Lipinski definition) is 10. The van der Waals surface area contributed by atoms with Crippen molar-refractivity contribution in [3.8, 4) is 22.5 Å². The lowest BCUT2D eigenvalue weighted by Crippen LogP contribution is -2.39. The molecule has 2 atom stereocenters. The zero-order valence-corrected chi connectivity index (χ0v) is 33.9. The number of aromatic nitrogens is 6. The summed E-state index contributed by atoms with van der Waals surface area (Å²) in [6, 6.07) is 47.1. The van der Waals surface area contributed by atoms with Crippen LogP contribution in [-0.2, 0) is 38.3 Å². The summed E-state index contributed by atoms with van der Waals surface area (Å²) in [4.78, 5) is 30.3. The predicted molar refractivity (Wildman–Crippen MR) is 225 cm³/mol. The van der Waals surface area contributed by atoms with Crippen molar-refractivity contribution < 1.29 is 28.9 Å². The third kappa shape index (κ3) is 7.57. The van der Waals surface area contributed by atoms with E-state index in [0.717, 1.165) is 45.4 Å². The fraction of sp³-hybridized carbons (Fsp3) is 0.250. The number of benzene rings is 5. The van der Waals surface area contributed by atoms with Crippen molar-refractivity contribution in [3.63, 3.8) is 0 Å². The first-order chi connectivity index (χ1) is 29.1. The first kappa shape index (κ1) is 39.9. The molecular weight excluding hydrogens is 757 g/mol. The molecule has 60 heavy (non-hydrogen) atoms. The quantitative estimate of drug-likeness (QED) is 0.0842. The summed E-state index contributed by atoms with van der Waals surface area (Å²) < 4.78 is 19.7. The largest absolute Gasteiger partial charge is 0.509 e. The van der Waals surface area contributed by atoms with Crippen molar-refractivity contribution in [1.82, 2.24) is 29.8 Å². The summed E-state index contributed by atoms with van der Waals surface area (Å²) in [6.07, 6.45) is -0.794. The zero-order chi connectivity index (χ0) is 41.9. The van der Waals surface area contributed by atoms with Crippen molar-refractivity contribution in [2.45, 2.75) is 70.4 Å². The van der Waals surface area contributed by atoms with Gasteiger partial charge in [0.25, 0.3) is 0 Å². The van der Waals surface area contributed by atoms with Crippen LogP contribution in [0.1, 0.15) is 78.4 Å². The summed E-state index contributed by atoms with van der Waals surface area (Å²) in [6.45, 7) is 6.97. The molecule has 3 heterocycles. The lowest BCUT2D eigenvalue weighted by molar-refractivity contribution is 0.0219. The third-order valence-corrected chi connectivity index (χ3v) is 10.9. The second-order valence-corrected chi connectivity index (χ2v) is 15.4. The van der Waals surface area contributed by atoms with E-state index in [1.807, 2.05) is 113 Å². The van der Waals surface area contributed by atoms with Crippen molar-refractivity contribution in [2.75, 3.05) is 6.61 Å². The molecule has 1 fully saturated rings. The van der Waals surface area contributed by atoms with Crippen LogP contribution in [0.25, 0.3) is 22.5 Å². The van der Waals surface area contributed by atoms with E-state index in [0.29, 0.717) is 18.1 Å². The number of tetrazole rings is 1. The molecule has 0 bridgehead atoms. The van der Waals surface area contributed by atoms with Gasteiger partial charge in [-0.1, -0.05) is 146 Å². The monoisotopic (exact) mass is 802 g/mol. The minimum absolute atomic E-state index is 0.142. The number of cyclic esters (lactones) is 2. The van der Waals surface area contributed by atoms with Gasteiger partial charge in [0.15, 0.2) is 17.6 Å². The van der Waals surface area contributed by atoms with Gasteiger partial charge in [-0.3, -0.25) is 0 Å². The van der Waals surface area contributed by atoms with E-state index in [-0.39, 0.29) is 24.5 Å². The minimum Gasteiger partial charge on any atom is -0.457 e. The first-order valence-corrected chi connectivity index (χ1v) is 20.1. The highest BCUT2D eigenvalue weighted by atomic mass is 16.8. The zero-order valence-electron chi connectivity index (χ0n) is 33.9. The Morgan fingerprint density at radius 2 is 1.35 bits per heavy atom. The Morgan fingerprint density at radius 1 is 0.783 bits per heavy atom. The molecule has 304 valence electrons. The molecular formula is C48H46N6O6. The Kier molecular flexibility index (Phi) is 11.1. The molecule has 0 unspecified atom stereocenters. The molecule has 0 amide bonds. The van der Waals surface area contributed by atoms with Gasteiger partial charge < -0.3 is 23.9 Å². The topological polar surface area (TPSA) is 143 Å². The van der Waals surface area contributed by atoms with E-state index in [2.05, 4.69) is 47.7 Å². The van der Waals surface area contributed by atoms with Crippen molar-refractivity contribution >= 4 is 12.1 Å². The molecule has 0 radical (unpaired) electrons. The number of imidazole rings is 1. The normalized spacial score (nSPS) is 15.4. The highest BCUT2D eigenvalue weighted by Crippen LogP contribution is 2.43. The predicted octanol–water partition coefficient (Wildman–Crippen LogP) is 8.35. The minimum atomic E-state index is -1.44. The third-order valence-electron chi connectivity index (χ3n) is 10.9. The van der Waals surface area contributed by atoms with Crippen LogP contribution in [0.15, 0.2) is 140 Å². The number of ether oxygens (including phenoxy) is 3. The van der Waals surface area contributed by atoms with Crippen LogP contribution in [0.3, 0.4) is 0 Å². The molecule has 2 aromatic heterocycles. The number of aliphatic hydroxyl groups is 1. The molecule has 1 aliphatic heterocycles. The maximum Gasteiger partial charge on any atom is 0.509 e. The number of aryl methyl sites for hydroxylation is 1. The van der Waals surface area contributed by atoms with E-state index >= 15 is 0 Å². The highest BCUT2D eigenvalue weighted by Gasteiger charge is 2.42. The van der Waals surface area contributed by atoms with Gasteiger partial charge >= 0.3 is 12.1 Å². The van der Waals surface area contributed by atoms with Crippen LogP contribution in [0.4, 0.5) is 4.79 Å². The molecule has 5 aromatic carbocycles. The molecule has 0 spiro atoms. The summed E-state index contributed by atoms with van der Waals surface area (Å²) in [7, 11) is 0. The molecule has 0 saturated carbocycles. The van der Waals surface area contributed by atoms with Crippen LogP contribution in [0, 0.1) is 0 Å². The SMILES string of the molecule is CCCc1nc(C(C)(C)O)c(C(=O)OC[C@H]2OC(=O)O[C@H]2C)n1Cc1ccc(-c2ccccc2-c2nnnn2C(c2ccccc2)(c2ccccc2)c2ccccc2)cc1. The average Bonchev–Trinajstić information content (AvgIpc) is 3.99. The Bertz CT molecular complexity index is 2490. The number of esters is 1.